The lowest BCUT2D eigenvalue weighted by atomic mass is 9.79. The Hall–Kier alpha value is -0.370. The Morgan fingerprint density at radius 1 is 1.17 bits per heavy atom. The number of rotatable bonds is 3. The van der Waals surface area contributed by atoms with E-state index in [1.54, 1.807) is 0 Å². The molecule has 0 saturated heterocycles. The van der Waals surface area contributed by atoms with Gasteiger partial charge in [0.2, 0.25) is 0 Å². The molecule has 0 unspecified atom stereocenters. The first-order valence-corrected chi connectivity index (χ1v) is 4.33. The Morgan fingerprint density at radius 3 is 1.83 bits per heavy atom. The minimum Gasteiger partial charge on any atom is -0.396 e. The average Bonchev–Trinajstić information content (AvgIpc) is 1.85. The summed E-state index contributed by atoms with van der Waals surface area (Å²) in [5, 5.41) is 8.96. The minimum atomic E-state index is -0.285. The molecule has 0 bridgehead atoms. The molecule has 0 aliphatic carbocycles. The molecule has 0 saturated carbocycles. The van der Waals surface area contributed by atoms with Crippen molar-refractivity contribution in [3.05, 3.63) is 0 Å². The van der Waals surface area contributed by atoms with Gasteiger partial charge in [0.15, 0.2) is 0 Å². The molecule has 0 amide bonds. The van der Waals surface area contributed by atoms with E-state index in [1.807, 2.05) is 34.6 Å². The zero-order chi connectivity index (χ0) is 9.99. The molecule has 0 rings (SSSR count). The number of carbonyl (C=O) groups is 1. The number of Topliss-reactive ketones (excluding diaryl/α,β-unsaturated/α-hetero) is 1. The van der Waals surface area contributed by atoms with Gasteiger partial charge in [-0.25, -0.2) is 0 Å². The van der Waals surface area contributed by atoms with Crippen LogP contribution >= 0.6 is 0 Å². The quantitative estimate of drug-likeness (QED) is 0.707. The predicted molar refractivity (Wildman–Crippen MR) is 49.9 cm³/mol. The van der Waals surface area contributed by atoms with Crippen LogP contribution in [0, 0.1) is 10.8 Å². The van der Waals surface area contributed by atoms with Gasteiger partial charge in [-0.2, -0.15) is 0 Å². The van der Waals surface area contributed by atoms with Gasteiger partial charge in [-0.3, -0.25) is 4.79 Å². The lowest BCUT2D eigenvalue weighted by Crippen LogP contribution is -2.28. The van der Waals surface area contributed by atoms with Crippen molar-refractivity contribution in [3.63, 3.8) is 0 Å². The van der Waals surface area contributed by atoms with Crippen molar-refractivity contribution in [3.8, 4) is 0 Å². The van der Waals surface area contributed by atoms with Crippen LogP contribution in [0.3, 0.4) is 0 Å². The van der Waals surface area contributed by atoms with E-state index in [4.69, 9.17) is 5.11 Å². The second-order valence-corrected chi connectivity index (χ2v) is 5.17. The largest absolute Gasteiger partial charge is 0.396 e. The topological polar surface area (TPSA) is 37.3 Å². The molecule has 0 aromatic heterocycles. The van der Waals surface area contributed by atoms with E-state index >= 15 is 0 Å². The van der Waals surface area contributed by atoms with Gasteiger partial charge in [0.25, 0.3) is 0 Å². The molecule has 0 radical (unpaired) electrons. The van der Waals surface area contributed by atoms with E-state index in [-0.39, 0.29) is 23.2 Å². The number of hydrogen-bond donors (Lipinski definition) is 1. The highest BCUT2D eigenvalue weighted by atomic mass is 16.3. The smallest absolute Gasteiger partial charge is 0.138 e. The standard InChI is InChI=1S/C10H20O2/c1-9(2,3)8(12)6-10(4,5)7-11/h11H,6-7H2,1-5H3. The van der Waals surface area contributed by atoms with E-state index in [9.17, 15) is 4.79 Å². The van der Waals surface area contributed by atoms with Crippen molar-refractivity contribution in [2.75, 3.05) is 6.61 Å². The fourth-order valence-electron chi connectivity index (χ4n) is 0.756. The molecule has 2 heteroatoms. The summed E-state index contributed by atoms with van der Waals surface area (Å²) in [6.45, 7) is 9.58. The Kier molecular flexibility index (Phi) is 3.45. The molecule has 0 aliphatic rings. The van der Waals surface area contributed by atoms with Gasteiger partial charge in [-0.1, -0.05) is 34.6 Å². The summed E-state index contributed by atoms with van der Waals surface area (Å²) in [4.78, 5) is 11.5. The molecule has 72 valence electrons. The van der Waals surface area contributed by atoms with Crippen LogP contribution in [0.5, 0.6) is 0 Å². The van der Waals surface area contributed by atoms with Crippen LogP contribution in [0.1, 0.15) is 41.0 Å². The third-order valence-electron chi connectivity index (χ3n) is 1.90. The fraction of sp³-hybridized carbons (Fsp3) is 0.900. The SMILES string of the molecule is CC(C)(CO)CC(=O)C(C)(C)C. The van der Waals surface area contributed by atoms with Crippen molar-refractivity contribution < 1.29 is 9.90 Å². The van der Waals surface area contributed by atoms with Gasteiger partial charge in [-0.15, -0.1) is 0 Å². The maximum atomic E-state index is 11.5. The predicted octanol–water partition coefficient (Wildman–Crippen LogP) is 2.01. The summed E-state index contributed by atoms with van der Waals surface area (Å²) in [5.74, 6) is 0.210. The highest BCUT2D eigenvalue weighted by Crippen LogP contribution is 2.26. The van der Waals surface area contributed by atoms with E-state index < -0.39 is 0 Å². The third-order valence-corrected chi connectivity index (χ3v) is 1.90. The number of carbonyl (C=O) groups excluding carboxylic acids is 1. The van der Waals surface area contributed by atoms with Gasteiger partial charge in [0, 0.05) is 18.4 Å². The molecule has 0 atom stereocenters. The number of aliphatic hydroxyl groups is 1. The van der Waals surface area contributed by atoms with Crippen LogP contribution in [0.2, 0.25) is 0 Å². The van der Waals surface area contributed by atoms with Crippen LogP contribution in [0.4, 0.5) is 0 Å². The van der Waals surface area contributed by atoms with Crippen LogP contribution in [0.15, 0.2) is 0 Å². The summed E-state index contributed by atoms with van der Waals surface area (Å²) in [5.41, 5.74) is -0.559. The highest BCUT2D eigenvalue weighted by Gasteiger charge is 2.28. The molecule has 0 aromatic rings. The van der Waals surface area contributed by atoms with Gasteiger partial charge >= 0.3 is 0 Å². The van der Waals surface area contributed by atoms with Gasteiger partial charge < -0.3 is 5.11 Å². The molecule has 2 nitrogen and oxygen atoms in total. The van der Waals surface area contributed by atoms with Crippen molar-refractivity contribution in [1.29, 1.82) is 0 Å². The maximum absolute atomic E-state index is 11.5. The zero-order valence-electron chi connectivity index (χ0n) is 8.77. The Bertz CT molecular complexity index is 163. The molecule has 12 heavy (non-hydrogen) atoms. The first kappa shape index (κ1) is 11.6. The molecular formula is C10H20O2. The zero-order valence-corrected chi connectivity index (χ0v) is 8.77. The second-order valence-electron chi connectivity index (χ2n) is 5.17. The summed E-state index contributed by atoms with van der Waals surface area (Å²) in [6, 6.07) is 0. The van der Waals surface area contributed by atoms with E-state index in [1.165, 1.54) is 0 Å². The fourth-order valence-corrected chi connectivity index (χ4v) is 0.756. The third kappa shape index (κ3) is 3.86. The van der Waals surface area contributed by atoms with E-state index in [2.05, 4.69) is 0 Å². The maximum Gasteiger partial charge on any atom is 0.138 e. The Balaban J connectivity index is 4.20. The van der Waals surface area contributed by atoms with Gasteiger partial charge in [0.1, 0.15) is 5.78 Å². The van der Waals surface area contributed by atoms with E-state index in [0.29, 0.717) is 6.42 Å². The molecule has 0 aromatic carbocycles. The summed E-state index contributed by atoms with van der Waals surface area (Å²) in [6.07, 6.45) is 0.451. The highest BCUT2D eigenvalue weighted by molar-refractivity contribution is 5.84. The first-order chi connectivity index (χ1) is 5.19. The Morgan fingerprint density at radius 2 is 1.58 bits per heavy atom. The lowest BCUT2D eigenvalue weighted by Gasteiger charge is -2.25. The van der Waals surface area contributed by atoms with Crippen LogP contribution in [0.25, 0.3) is 0 Å². The molecule has 0 spiro atoms. The van der Waals surface area contributed by atoms with Crippen molar-refractivity contribution >= 4 is 5.78 Å². The molecular weight excluding hydrogens is 152 g/mol. The minimum absolute atomic E-state index is 0.0643. The Labute approximate surface area is 75.0 Å². The monoisotopic (exact) mass is 172 g/mol. The molecule has 1 N–H and O–H groups in total. The van der Waals surface area contributed by atoms with Crippen molar-refractivity contribution in [2.45, 2.75) is 41.0 Å². The number of aliphatic hydroxyl groups excluding tert-OH is 1. The van der Waals surface area contributed by atoms with E-state index in [0.717, 1.165) is 0 Å². The summed E-state index contributed by atoms with van der Waals surface area (Å²) >= 11 is 0. The van der Waals surface area contributed by atoms with Gasteiger partial charge in [-0.05, 0) is 5.41 Å². The second kappa shape index (κ2) is 3.56. The lowest BCUT2D eigenvalue weighted by molar-refractivity contribution is -0.128. The molecule has 0 heterocycles. The van der Waals surface area contributed by atoms with Gasteiger partial charge in [0.05, 0.1) is 0 Å². The summed E-state index contributed by atoms with van der Waals surface area (Å²) < 4.78 is 0. The normalized spacial score (nSPS) is 13.2. The van der Waals surface area contributed by atoms with Crippen LogP contribution in [-0.4, -0.2) is 17.5 Å². The first-order valence-electron chi connectivity index (χ1n) is 4.33. The van der Waals surface area contributed by atoms with Crippen LogP contribution in [-0.2, 0) is 4.79 Å². The molecule has 0 aliphatic heterocycles. The number of hydrogen-bond acceptors (Lipinski definition) is 2. The molecule has 0 fully saturated rings. The number of ketones is 1. The van der Waals surface area contributed by atoms with Crippen LogP contribution < -0.4 is 0 Å². The average molecular weight is 172 g/mol. The van der Waals surface area contributed by atoms with Crippen molar-refractivity contribution in [2.24, 2.45) is 10.8 Å². The summed E-state index contributed by atoms with van der Waals surface area (Å²) in [7, 11) is 0. The van der Waals surface area contributed by atoms with Crippen molar-refractivity contribution in [1.82, 2.24) is 0 Å².